The van der Waals surface area contributed by atoms with Crippen molar-refractivity contribution in [2.45, 2.75) is 154 Å². The highest BCUT2D eigenvalue weighted by molar-refractivity contribution is 5.92. The zero-order valence-corrected chi connectivity index (χ0v) is 30.6. The maximum atomic E-state index is 13.9. The monoisotopic (exact) mass is 687 g/mol. The Labute approximate surface area is 285 Å². The number of ether oxygens (including phenoxy) is 7. The summed E-state index contributed by atoms with van der Waals surface area (Å²) in [5.41, 5.74) is -1.10. The van der Waals surface area contributed by atoms with Gasteiger partial charge in [0, 0.05) is 37.3 Å². The van der Waals surface area contributed by atoms with Crippen LogP contribution in [0.5, 0.6) is 0 Å². The van der Waals surface area contributed by atoms with Gasteiger partial charge < -0.3 is 53.4 Å². The molecule has 4 fully saturated rings. The predicted molar refractivity (Wildman–Crippen MR) is 174 cm³/mol. The van der Waals surface area contributed by atoms with E-state index in [-0.39, 0.29) is 43.3 Å². The third-order valence-electron chi connectivity index (χ3n) is 11.4. The number of hydrogen-bond acceptors (Lipinski definition) is 13. The van der Waals surface area contributed by atoms with Gasteiger partial charge >= 0.3 is 5.97 Å². The third-order valence-corrected chi connectivity index (χ3v) is 11.4. The highest BCUT2D eigenvalue weighted by Gasteiger charge is 2.57. The summed E-state index contributed by atoms with van der Waals surface area (Å²) in [6.07, 6.45) is -7.15. The Kier molecular flexibility index (Phi) is 13.1. The van der Waals surface area contributed by atoms with Gasteiger partial charge in [0.05, 0.1) is 49.1 Å². The Morgan fingerprint density at radius 3 is 2.02 bits per heavy atom. The largest absolute Gasteiger partial charge is 0.462 e. The van der Waals surface area contributed by atoms with E-state index in [0.717, 1.165) is 0 Å². The fourth-order valence-electron chi connectivity index (χ4n) is 7.89. The fourth-order valence-corrected chi connectivity index (χ4v) is 7.89. The van der Waals surface area contributed by atoms with Gasteiger partial charge in [-0.2, -0.15) is 0 Å². The van der Waals surface area contributed by atoms with E-state index in [1.807, 2.05) is 39.8 Å². The molecule has 4 saturated heterocycles. The number of hydrogen-bond donors (Lipinski definition) is 3. The minimum Gasteiger partial charge on any atom is -0.462 e. The first-order chi connectivity index (χ1) is 22.4. The van der Waals surface area contributed by atoms with Crippen LogP contribution >= 0.6 is 0 Å². The number of methoxy groups -OCH3 is 1. The summed E-state index contributed by atoms with van der Waals surface area (Å²) in [4.78, 5) is 29.7. The average Bonchev–Trinajstić information content (AvgIpc) is 3.82. The molecule has 3 N–H and O–H groups in total. The van der Waals surface area contributed by atoms with E-state index in [9.17, 15) is 24.9 Å². The summed E-state index contributed by atoms with van der Waals surface area (Å²) >= 11 is 0. The van der Waals surface area contributed by atoms with Crippen molar-refractivity contribution in [2.75, 3.05) is 27.8 Å². The number of aliphatic hydroxyl groups is 3. The molecule has 0 aromatic carbocycles. The molecule has 13 nitrogen and oxygen atoms in total. The number of carbonyl (C=O) groups excluding carboxylic acids is 2. The maximum absolute atomic E-state index is 13.9. The van der Waals surface area contributed by atoms with Crippen molar-refractivity contribution in [1.29, 1.82) is 0 Å². The second kappa shape index (κ2) is 16.0. The van der Waals surface area contributed by atoms with Crippen LogP contribution in [0.4, 0.5) is 0 Å². The fraction of sp³-hybridized carbons (Fsp3) is 0.943. The van der Waals surface area contributed by atoms with Crippen molar-refractivity contribution in [2.24, 2.45) is 29.6 Å². The van der Waals surface area contributed by atoms with Gasteiger partial charge in [-0.05, 0) is 60.5 Å². The minimum absolute atomic E-state index is 0.198. The van der Waals surface area contributed by atoms with Crippen LogP contribution < -0.4 is 0 Å². The third kappa shape index (κ3) is 8.43. The standard InChI is InChI=1S/C35H61NO12/c1-16-14-35(15-43-35)32(40)19(4)27(37)18(3)22(7)46-33(41)21(6)31(47-26-13-25(42-11)28(38)23(8)45-26)20(5)30(16)48-34-29(39)24(36(9)10)12-17(2)44-34/h16-31,34,37-39H,12-15H2,1-11H3/t16-,17+,18+,19+,20+,21+,22+,23-,24-,25+,26-,27-,28+,29+,30-,31-,34-,35+/m0/s1. The van der Waals surface area contributed by atoms with Crippen LogP contribution in [0, 0.1) is 29.6 Å². The minimum atomic E-state index is -1.10. The maximum Gasteiger partial charge on any atom is 0.311 e. The van der Waals surface area contributed by atoms with Crippen molar-refractivity contribution in [3.05, 3.63) is 0 Å². The van der Waals surface area contributed by atoms with Gasteiger partial charge in [-0.25, -0.2) is 0 Å². The summed E-state index contributed by atoms with van der Waals surface area (Å²) < 4.78 is 43.0. The Bertz CT molecular complexity index is 1090. The van der Waals surface area contributed by atoms with Gasteiger partial charge in [0.2, 0.25) is 0 Å². The molecule has 0 aromatic heterocycles. The molecular formula is C35H61NO12. The lowest BCUT2D eigenvalue weighted by atomic mass is 9.76. The molecule has 48 heavy (non-hydrogen) atoms. The van der Waals surface area contributed by atoms with Crippen molar-refractivity contribution >= 4 is 11.8 Å². The van der Waals surface area contributed by atoms with E-state index in [0.29, 0.717) is 6.42 Å². The Morgan fingerprint density at radius 2 is 1.44 bits per heavy atom. The van der Waals surface area contributed by atoms with Gasteiger partial charge in [0.25, 0.3) is 0 Å². The first kappa shape index (κ1) is 39.5. The number of cyclic esters (lactones) is 1. The lowest BCUT2D eigenvalue weighted by Gasteiger charge is -2.46. The number of nitrogens with zero attached hydrogens (tertiary/aromatic N) is 1. The molecule has 4 rings (SSSR count). The predicted octanol–water partition coefficient (Wildman–Crippen LogP) is 1.91. The smallest absolute Gasteiger partial charge is 0.311 e. The quantitative estimate of drug-likeness (QED) is 0.274. The number of aliphatic hydroxyl groups excluding tert-OH is 3. The summed E-state index contributed by atoms with van der Waals surface area (Å²) in [7, 11) is 5.32. The lowest BCUT2D eigenvalue weighted by Crippen LogP contribution is -2.57. The van der Waals surface area contributed by atoms with E-state index in [4.69, 9.17) is 33.2 Å². The van der Waals surface area contributed by atoms with E-state index in [2.05, 4.69) is 0 Å². The van der Waals surface area contributed by atoms with Crippen molar-refractivity contribution in [3.63, 3.8) is 0 Å². The van der Waals surface area contributed by atoms with E-state index in [1.165, 1.54) is 7.11 Å². The second-order valence-corrected chi connectivity index (χ2v) is 15.3. The number of ketones is 1. The number of likely N-dealkylation sites (N-methyl/N-ethyl adjacent to an activating group) is 1. The molecule has 0 aromatic rings. The van der Waals surface area contributed by atoms with E-state index in [1.54, 1.807) is 34.6 Å². The molecule has 0 unspecified atom stereocenters. The van der Waals surface area contributed by atoms with E-state index >= 15 is 0 Å². The summed E-state index contributed by atoms with van der Waals surface area (Å²) in [6.45, 7) is 14.6. The Balaban J connectivity index is 1.75. The second-order valence-electron chi connectivity index (χ2n) is 15.3. The molecule has 4 heterocycles. The molecule has 18 atom stereocenters. The first-order valence-corrected chi connectivity index (χ1v) is 17.7. The zero-order chi connectivity index (χ0) is 35.8. The average molecular weight is 688 g/mol. The molecule has 4 aliphatic heterocycles. The topological polar surface area (TPSA) is 166 Å². The summed E-state index contributed by atoms with van der Waals surface area (Å²) in [5, 5.41) is 33.3. The Hall–Kier alpha value is -1.26. The number of Topliss-reactive ketones (excluding diaryl/α,β-unsaturated/α-hetero) is 1. The lowest BCUT2D eigenvalue weighted by molar-refractivity contribution is -0.299. The van der Waals surface area contributed by atoms with E-state index < -0.39 is 96.7 Å². The van der Waals surface area contributed by atoms with Crippen molar-refractivity contribution in [3.8, 4) is 0 Å². The number of esters is 1. The van der Waals surface area contributed by atoms with Crippen LogP contribution in [0.2, 0.25) is 0 Å². The van der Waals surface area contributed by atoms with Gasteiger partial charge in [-0.1, -0.05) is 27.7 Å². The highest BCUT2D eigenvalue weighted by Crippen LogP contribution is 2.43. The SMILES string of the molecule is CO[C@@H]1C[C@H](O[C@H]2[C@H](C)[C@@H](O[C@@H]3O[C@H](C)C[C@H](N(C)C)[C@H]3O)[C@@H](C)C[C@@]3(CO3)C(=O)[C@H](C)[C@@H](O)[C@H](C)[C@@H](C)OC(=O)[C@@H]2C)O[C@@H](C)[C@H]1O. The number of epoxide rings is 1. The van der Waals surface area contributed by atoms with Crippen LogP contribution in [0.1, 0.15) is 74.7 Å². The molecule has 0 aliphatic carbocycles. The molecule has 0 bridgehead atoms. The zero-order valence-electron chi connectivity index (χ0n) is 30.6. The van der Waals surface area contributed by atoms with Gasteiger partial charge in [0.15, 0.2) is 24.0 Å². The number of carbonyl (C=O) groups is 2. The Morgan fingerprint density at radius 1 is 0.792 bits per heavy atom. The molecule has 0 saturated carbocycles. The van der Waals surface area contributed by atoms with Crippen LogP contribution in [0.15, 0.2) is 0 Å². The molecule has 4 aliphatic rings. The summed E-state index contributed by atoms with van der Waals surface area (Å²) in [6, 6.07) is -0.219. The van der Waals surface area contributed by atoms with Crippen molar-refractivity contribution < 1.29 is 58.1 Å². The molecular weight excluding hydrogens is 626 g/mol. The van der Waals surface area contributed by atoms with Crippen LogP contribution in [-0.2, 0) is 42.7 Å². The first-order valence-electron chi connectivity index (χ1n) is 17.7. The highest BCUT2D eigenvalue weighted by atomic mass is 16.7. The normalized spacial score (nSPS) is 49.9. The van der Waals surface area contributed by atoms with Gasteiger partial charge in [-0.3, -0.25) is 9.59 Å². The molecule has 1 spiro atoms. The molecule has 13 heteroatoms. The van der Waals surface area contributed by atoms with Crippen LogP contribution in [-0.4, -0.2) is 139 Å². The molecule has 0 amide bonds. The molecule has 0 radical (unpaired) electrons. The van der Waals surface area contributed by atoms with Gasteiger partial charge in [0.1, 0.15) is 18.3 Å². The van der Waals surface area contributed by atoms with Crippen molar-refractivity contribution in [1.82, 2.24) is 4.90 Å². The van der Waals surface area contributed by atoms with Gasteiger partial charge in [-0.15, -0.1) is 0 Å². The summed E-state index contributed by atoms with van der Waals surface area (Å²) in [5.74, 6) is -3.74. The number of rotatable bonds is 6. The van der Waals surface area contributed by atoms with Crippen LogP contribution in [0.3, 0.4) is 0 Å². The molecule has 278 valence electrons. The van der Waals surface area contributed by atoms with Crippen LogP contribution in [0.25, 0.3) is 0 Å².